The molecule has 0 bridgehead atoms. The lowest BCUT2D eigenvalue weighted by molar-refractivity contribution is 0.0529. The van der Waals surface area contributed by atoms with Crippen molar-refractivity contribution in [2.75, 3.05) is 53.0 Å². The van der Waals surface area contributed by atoms with E-state index in [4.69, 9.17) is 9.47 Å². The van der Waals surface area contributed by atoms with Crippen LogP contribution in [0, 0.1) is 5.82 Å². The minimum absolute atomic E-state index is 0.296. The molecule has 1 heterocycles. The lowest BCUT2D eigenvalue weighted by Crippen LogP contribution is -2.53. The molecule has 0 aromatic heterocycles. The third-order valence-electron chi connectivity index (χ3n) is 3.93. The number of halogens is 1. The van der Waals surface area contributed by atoms with Gasteiger partial charge in [0.25, 0.3) is 0 Å². The standard InChI is InChI=1S/C16H25FN2O2/c1-14-13-18(7-8-19(14)10-11-20-2)9-12-21-16-6-4-3-5-15(16)17/h3-6,14H,7-13H2,1-2H3. The number of nitrogens with zero attached hydrogens (tertiary/aromatic N) is 2. The van der Waals surface area contributed by atoms with E-state index in [1.165, 1.54) is 6.07 Å². The second-order valence-electron chi connectivity index (χ2n) is 5.46. The zero-order valence-corrected chi connectivity index (χ0v) is 12.9. The van der Waals surface area contributed by atoms with Crippen LogP contribution in [-0.2, 0) is 4.74 Å². The van der Waals surface area contributed by atoms with Gasteiger partial charge >= 0.3 is 0 Å². The molecule has 21 heavy (non-hydrogen) atoms. The Morgan fingerprint density at radius 3 is 2.71 bits per heavy atom. The van der Waals surface area contributed by atoms with E-state index in [9.17, 15) is 4.39 Å². The van der Waals surface area contributed by atoms with Crippen molar-refractivity contribution in [3.8, 4) is 5.75 Å². The minimum Gasteiger partial charge on any atom is -0.489 e. The van der Waals surface area contributed by atoms with E-state index >= 15 is 0 Å². The molecule has 0 aliphatic carbocycles. The number of benzene rings is 1. The van der Waals surface area contributed by atoms with Gasteiger partial charge in [-0.2, -0.15) is 0 Å². The van der Waals surface area contributed by atoms with Crippen molar-refractivity contribution in [1.29, 1.82) is 0 Å². The normalized spacial score (nSPS) is 20.6. The summed E-state index contributed by atoms with van der Waals surface area (Å²) in [6, 6.07) is 7.06. The summed E-state index contributed by atoms with van der Waals surface area (Å²) in [7, 11) is 1.74. The first-order chi connectivity index (χ1) is 10.2. The Balaban J connectivity index is 1.70. The number of methoxy groups -OCH3 is 1. The second kappa shape index (κ2) is 8.32. The average molecular weight is 296 g/mol. The fourth-order valence-electron chi connectivity index (χ4n) is 2.66. The summed E-state index contributed by atoms with van der Waals surface area (Å²) in [5.74, 6) is 0.0412. The largest absolute Gasteiger partial charge is 0.489 e. The summed E-state index contributed by atoms with van der Waals surface area (Å²) in [6.07, 6.45) is 0. The highest BCUT2D eigenvalue weighted by molar-refractivity contribution is 5.23. The van der Waals surface area contributed by atoms with Crippen molar-refractivity contribution in [2.24, 2.45) is 0 Å². The summed E-state index contributed by atoms with van der Waals surface area (Å²) >= 11 is 0. The number of piperazine rings is 1. The highest BCUT2D eigenvalue weighted by atomic mass is 19.1. The molecule has 1 aromatic carbocycles. The van der Waals surface area contributed by atoms with Crippen LogP contribution in [-0.4, -0.2) is 68.9 Å². The predicted molar refractivity (Wildman–Crippen MR) is 81.2 cm³/mol. The number of para-hydroxylation sites is 1. The van der Waals surface area contributed by atoms with Crippen LogP contribution < -0.4 is 4.74 Å². The van der Waals surface area contributed by atoms with Gasteiger partial charge in [0.15, 0.2) is 11.6 Å². The van der Waals surface area contributed by atoms with Gasteiger partial charge in [-0.25, -0.2) is 4.39 Å². The van der Waals surface area contributed by atoms with Gasteiger partial charge in [0.2, 0.25) is 0 Å². The Kier molecular flexibility index (Phi) is 6.42. The van der Waals surface area contributed by atoms with Crippen LogP contribution in [0.1, 0.15) is 6.92 Å². The first kappa shape index (κ1) is 16.2. The van der Waals surface area contributed by atoms with Crippen molar-refractivity contribution < 1.29 is 13.9 Å². The zero-order valence-electron chi connectivity index (χ0n) is 12.9. The Morgan fingerprint density at radius 2 is 2.00 bits per heavy atom. The molecule has 5 heteroatoms. The number of rotatable bonds is 7. The van der Waals surface area contributed by atoms with Gasteiger partial charge < -0.3 is 9.47 Å². The van der Waals surface area contributed by atoms with Crippen molar-refractivity contribution in [3.05, 3.63) is 30.1 Å². The second-order valence-corrected chi connectivity index (χ2v) is 5.46. The maximum absolute atomic E-state index is 13.4. The maximum Gasteiger partial charge on any atom is 0.165 e. The lowest BCUT2D eigenvalue weighted by atomic mass is 10.2. The summed E-state index contributed by atoms with van der Waals surface area (Å²) in [5, 5.41) is 0. The summed E-state index contributed by atoms with van der Waals surface area (Å²) in [4.78, 5) is 4.81. The molecule has 1 saturated heterocycles. The zero-order chi connectivity index (χ0) is 15.1. The van der Waals surface area contributed by atoms with Crippen molar-refractivity contribution in [3.63, 3.8) is 0 Å². The molecule has 0 amide bonds. The molecule has 1 aliphatic heterocycles. The summed E-state index contributed by atoms with van der Waals surface area (Å²) in [5.41, 5.74) is 0. The minimum atomic E-state index is -0.296. The van der Waals surface area contributed by atoms with E-state index in [0.29, 0.717) is 18.4 Å². The monoisotopic (exact) mass is 296 g/mol. The summed E-state index contributed by atoms with van der Waals surface area (Å²) in [6.45, 7) is 8.43. The first-order valence-corrected chi connectivity index (χ1v) is 7.53. The Morgan fingerprint density at radius 1 is 1.19 bits per heavy atom. The van der Waals surface area contributed by atoms with Crippen LogP contribution in [0.25, 0.3) is 0 Å². The fraction of sp³-hybridized carbons (Fsp3) is 0.625. The number of hydrogen-bond acceptors (Lipinski definition) is 4. The van der Waals surface area contributed by atoms with Crippen LogP contribution >= 0.6 is 0 Å². The van der Waals surface area contributed by atoms with Gasteiger partial charge in [-0.3, -0.25) is 9.80 Å². The molecule has 1 aromatic rings. The SMILES string of the molecule is COCCN1CCN(CCOc2ccccc2F)CC1C. The van der Waals surface area contributed by atoms with Crippen LogP contribution in [0.2, 0.25) is 0 Å². The number of ether oxygens (including phenoxy) is 2. The topological polar surface area (TPSA) is 24.9 Å². The van der Waals surface area contributed by atoms with E-state index in [1.54, 1.807) is 25.3 Å². The predicted octanol–water partition coefficient (Wildman–Crippen LogP) is 1.86. The van der Waals surface area contributed by atoms with Crippen molar-refractivity contribution in [1.82, 2.24) is 9.80 Å². The van der Waals surface area contributed by atoms with Crippen LogP contribution in [0.4, 0.5) is 4.39 Å². The van der Waals surface area contributed by atoms with Gasteiger partial charge in [0.05, 0.1) is 6.61 Å². The maximum atomic E-state index is 13.4. The van der Waals surface area contributed by atoms with Gasteiger partial charge in [-0.1, -0.05) is 12.1 Å². The molecule has 1 unspecified atom stereocenters. The Bertz CT molecular complexity index is 430. The van der Waals surface area contributed by atoms with Crippen LogP contribution in [0.3, 0.4) is 0 Å². The molecular weight excluding hydrogens is 271 g/mol. The quantitative estimate of drug-likeness (QED) is 0.767. The number of hydrogen-bond donors (Lipinski definition) is 0. The van der Waals surface area contributed by atoms with Gasteiger partial charge in [0.1, 0.15) is 6.61 Å². The van der Waals surface area contributed by atoms with Gasteiger partial charge in [-0.15, -0.1) is 0 Å². The molecule has 0 saturated carbocycles. The first-order valence-electron chi connectivity index (χ1n) is 7.53. The molecule has 118 valence electrons. The van der Waals surface area contributed by atoms with E-state index in [1.807, 2.05) is 0 Å². The van der Waals surface area contributed by atoms with Gasteiger partial charge in [-0.05, 0) is 19.1 Å². The van der Waals surface area contributed by atoms with Crippen molar-refractivity contribution >= 4 is 0 Å². The third kappa shape index (κ3) is 4.95. The molecule has 1 atom stereocenters. The molecule has 4 nitrogen and oxygen atoms in total. The van der Waals surface area contributed by atoms with E-state index < -0.39 is 0 Å². The molecule has 0 N–H and O–H groups in total. The fourth-order valence-corrected chi connectivity index (χ4v) is 2.66. The van der Waals surface area contributed by atoms with Crippen LogP contribution in [0.15, 0.2) is 24.3 Å². The molecule has 2 rings (SSSR count). The summed E-state index contributed by atoms with van der Waals surface area (Å²) < 4.78 is 24.1. The Hall–Kier alpha value is -1.17. The molecule has 0 radical (unpaired) electrons. The Labute approximate surface area is 126 Å². The van der Waals surface area contributed by atoms with Crippen molar-refractivity contribution in [2.45, 2.75) is 13.0 Å². The molecule has 1 aliphatic rings. The third-order valence-corrected chi connectivity index (χ3v) is 3.93. The van der Waals surface area contributed by atoms with Crippen LogP contribution in [0.5, 0.6) is 5.75 Å². The average Bonchev–Trinajstić information content (AvgIpc) is 2.48. The molecule has 1 fully saturated rings. The van der Waals surface area contributed by atoms with E-state index in [0.717, 1.165) is 39.3 Å². The van der Waals surface area contributed by atoms with Gasteiger partial charge in [0, 0.05) is 45.9 Å². The smallest absolute Gasteiger partial charge is 0.165 e. The highest BCUT2D eigenvalue weighted by Gasteiger charge is 2.22. The van der Waals surface area contributed by atoms with E-state index in [-0.39, 0.29) is 5.82 Å². The molecule has 0 spiro atoms. The highest BCUT2D eigenvalue weighted by Crippen LogP contribution is 2.15. The lowest BCUT2D eigenvalue weighted by Gasteiger charge is -2.39. The molecular formula is C16H25FN2O2. The van der Waals surface area contributed by atoms with E-state index in [2.05, 4.69) is 16.7 Å².